The fourth-order valence-electron chi connectivity index (χ4n) is 1.90. The summed E-state index contributed by atoms with van der Waals surface area (Å²) in [6.45, 7) is 3.11. The van der Waals surface area contributed by atoms with E-state index in [0.717, 1.165) is 34.5 Å². The van der Waals surface area contributed by atoms with Gasteiger partial charge in [-0.05, 0) is 24.6 Å². The summed E-state index contributed by atoms with van der Waals surface area (Å²) in [4.78, 5) is 5.50. The van der Waals surface area contributed by atoms with Gasteiger partial charge < -0.3 is 10.3 Å². The molecule has 2 N–H and O–H groups in total. The van der Waals surface area contributed by atoms with Crippen molar-refractivity contribution in [3.8, 4) is 0 Å². The van der Waals surface area contributed by atoms with Gasteiger partial charge in [0, 0.05) is 34.6 Å². The predicted octanol–water partition coefficient (Wildman–Crippen LogP) is 3.74. The summed E-state index contributed by atoms with van der Waals surface area (Å²) in [5, 5.41) is 0.756. The van der Waals surface area contributed by atoms with E-state index >= 15 is 0 Å². The van der Waals surface area contributed by atoms with E-state index in [-0.39, 0.29) is 6.04 Å². The van der Waals surface area contributed by atoms with Gasteiger partial charge in [0.1, 0.15) is 5.82 Å². The molecule has 0 spiro atoms. The Balaban J connectivity index is 1.97. The summed E-state index contributed by atoms with van der Waals surface area (Å²) >= 11 is 7.67. The predicted molar refractivity (Wildman–Crippen MR) is 81.6 cm³/mol. The van der Waals surface area contributed by atoms with Gasteiger partial charge in [-0.15, -0.1) is 11.8 Å². The largest absolute Gasteiger partial charge is 0.334 e. The number of imidazole rings is 1. The Labute approximate surface area is 123 Å². The number of nitrogens with two attached hydrogens (primary N) is 1. The van der Waals surface area contributed by atoms with E-state index in [4.69, 9.17) is 17.3 Å². The number of aryl methyl sites for hydroxylation is 1. The molecule has 0 aliphatic carbocycles. The monoisotopic (exact) mass is 295 g/mol. The molecule has 3 nitrogen and oxygen atoms in total. The lowest BCUT2D eigenvalue weighted by Crippen LogP contribution is -2.18. The van der Waals surface area contributed by atoms with Crippen LogP contribution < -0.4 is 5.73 Å². The molecule has 2 aromatic rings. The van der Waals surface area contributed by atoms with Crippen molar-refractivity contribution in [2.24, 2.45) is 5.73 Å². The highest BCUT2D eigenvalue weighted by molar-refractivity contribution is 7.99. The molecule has 0 saturated carbocycles. The third-order valence-electron chi connectivity index (χ3n) is 2.77. The summed E-state index contributed by atoms with van der Waals surface area (Å²) in [6.07, 6.45) is 4.88. The highest BCUT2D eigenvalue weighted by atomic mass is 35.5. The van der Waals surface area contributed by atoms with E-state index in [1.54, 1.807) is 11.8 Å². The molecule has 1 atom stereocenters. The summed E-state index contributed by atoms with van der Waals surface area (Å²) in [7, 11) is 0. The summed E-state index contributed by atoms with van der Waals surface area (Å²) in [5.74, 6) is 1.75. The molecule has 0 radical (unpaired) electrons. The Morgan fingerprint density at radius 3 is 3.05 bits per heavy atom. The van der Waals surface area contributed by atoms with Crippen LogP contribution in [0.15, 0.2) is 41.6 Å². The Morgan fingerprint density at radius 1 is 1.47 bits per heavy atom. The van der Waals surface area contributed by atoms with E-state index in [9.17, 15) is 0 Å². The molecular weight excluding hydrogens is 278 g/mol. The van der Waals surface area contributed by atoms with Crippen LogP contribution in [-0.4, -0.2) is 15.3 Å². The molecule has 102 valence electrons. The Kier molecular flexibility index (Phi) is 5.31. The van der Waals surface area contributed by atoms with Crippen LogP contribution in [0.25, 0.3) is 0 Å². The van der Waals surface area contributed by atoms with Crippen LogP contribution in [0, 0.1) is 0 Å². The first-order chi connectivity index (χ1) is 9.20. The smallest absolute Gasteiger partial charge is 0.126 e. The van der Waals surface area contributed by atoms with E-state index in [2.05, 4.69) is 16.5 Å². The highest BCUT2D eigenvalue weighted by Gasteiger charge is 2.12. The molecule has 1 aromatic heterocycles. The van der Waals surface area contributed by atoms with Crippen LogP contribution in [0.2, 0.25) is 5.02 Å². The van der Waals surface area contributed by atoms with Crippen LogP contribution >= 0.6 is 23.4 Å². The van der Waals surface area contributed by atoms with Gasteiger partial charge in [-0.1, -0.05) is 24.6 Å². The van der Waals surface area contributed by atoms with Gasteiger partial charge >= 0.3 is 0 Å². The van der Waals surface area contributed by atoms with Crippen molar-refractivity contribution in [3.63, 3.8) is 0 Å². The molecule has 1 heterocycles. The van der Waals surface area contributed by atoms with Gasteiger partial charge in [-0.25, -0.2) is 4.98 Å². The zero-order valence-electron chi connectivity index (χ0n) is 10.9. The van der Waals surface area contributed by atoms with Gasteiger partial charge in [0.2, 0.25) is 0 Å². The normalized spacial score (nSPS) is 12.6. The minimum atomic E-state index is -0.0643. The molecule has 0 fully saturated rings. The SMILES string of the molecule is CCCn1ccnc1C(N)CSc1cccc(Cl)c1. The maximum atomic E-state index is 6.22. The zero-order chi connectivity index (χ0) is 13.7. The Hall–Kier alpha value is -0.970. The van der Waals surface area contributed by atoms with Crippen molar-refractivity contribution in [1.82, 2.24) is 9.55 Å². The van der Waals surface area contributed by atoms with Gasteiger partial charge in [-0.3, -0.25) is 0 Å². The van der Waals surface area contributed by atoms with Gasteiger partial charge in [0.05, 0.1) is 6.04 Å². The van der Waals surface area contributed by atoms with E-state index < -0.39 is 0 Å². The molecule has 0 bridgehead atoms. The maximum absolute atomic E-state index is 6.22. The molecule has 0 aliphatic rings. The molecule has 0 saturated heterocycles. The average Bonchev–Trinajstić information content (AvgIpc) is 2.85. The van der Waals surface area contributed by atoms with Crippen LogP contribution in [0.5, 0.6) is 0 Å². The summed E-state index contributed by atoms with van der Waals surface area (Å²) in [5.41, 5.74) is 6.22. The number of rotatable bonds is 6. The number of halogens is 1. The van der Waals surface area contributed by atoms with Crippen LogP contribution in [0.4, 0.5) is 0 Å². The molecule has 19 heavy (non-hydrogen) atoms. The van der Waals surface area contributed by atoms with Gasteiger partial charge in [-0.2, -0.15) is 0 Å². The van der Waals surface area contributed by atoms with E-state index in [1.165, 1.54) is 0 Å². The third kappa shape index (κ3) is 4.00. The van der Waals surface area contributed by atoms with Crippen molar-refractivity contribution in [2.75, 3.05) is 5.75 Å². The molecular formula is C14H18ClN3S. The van der Waals surface area contributed by atoms with Crippen molar-refractivity contribution >= 4 is 23.4 Å². The fraction of sp³-hybridized carbons (Fsp3) is 0.357. The molecule has 0 amide bonds. The Bertz CT molecular complexity index is 527. The quantitative estimate of drug-likeness (QED) is 0.826. The molecule has 1 aromatic carbocycles. The number of thioether (sulfide) groups is 1. The first kappa shape index (κ1) is 14.4. The van der Waals surface area contributed by atoms with Crippen LogP contribution in [0.1, 0.15) is 25.2 Å². The number of nitrogens with zero attached hydrogens (tertiary/aromatic N) is 2. The number of hydrogen-bond donors (Lipinski definition) is 1. The van der Waals surface area contributed by atoms with Crippen LogP contribution in [-0.2, 0) is 6.54 Å². The van der Waals surface area contributed by atoms with Gasteiger partial charge in [0.15, 0.2) is 0 Å². The van der Waals surface area contributed by atoms with Crippen molar-refractivity contribution < 1.29 is 0 Å². The molecule has 0 aliphatic heterocycles. The van der Waals surface area contributed by atoms with Gasteiger partial charge in [0.25, 0.3) is 0 Å². The standard InChI is InChI=1S/C14H18ClN3S/c1-2-7-18-8-6-17-14(18)13(16)10-19-12-5-3-4-11(15)9-12/h3-6,8-9,13H,2,7,10,16H2,1H3. The van der Waals surface area contributed by atoms with Crippen molar-refractivity contribution in [2.45, 2.75) is 30.8 Å². The molecule has 1 unspecified atom stereocenters. The first-order valence-electron chi connectivity index (χ1n) is 6.35. The maximum Gasteiger partial charge on any atom is 0.126 e. The number of aromatic nitrogens is 2. The second-order valence-corrected chi connectivity index (χ2v) is 5.88. The lowest BCUT2D eigenvalue weighted by Gasteiger charge is -2.13. The second kappa shape index (κ2) is 6.98. The fourth-order valence-corrected chi connectivity index (χ4v) is 3.06. The van der Waals surface area contributed by atoms with Crippen molar-refractivity contribution in [3.05, 3.63) is 47.5 Å². The summed E-state index contributed by atoms with van der Waals surface area (Å²) in [6, 6.07) is 7.76. The van der Waals surface area contributed by atoms with Crippen LogP contribution in [0.3, 0.4) is 0 Å². The van der Waals surface area contributed by atoms with Crippen molar-refractivity contribution in [1.29, 1.82) is 0 Å². The topological polar surface area (TPSA) is 43.8 Å². The Morgan fingerprint density at radius 2 is 2.32 bits per heavy atom. The average molecular weight is 296 g/mol. The van der Waals surface area contributed by atoms with E-state index in [1.807, 2.05) is 36.7 Å². The number of hydrogen-bond acceptors (Lipinski definition) is 3. The minimum absolute atomic E-state index is 0.0643. The summed E-state index contributed by atoms with van der Waals surface area (Å²) < 4.78 is 2.13. The third-order valence-corrected chi connectivity index (χ3v) is 4.12. The lowest BCUT2D eigenvalue weighted by atomic mass is 10.3. The van der Waals surface area contributed by atoms with E-state index in [0.29, 0.717) is 0 Å². The minimum Gasteiger partial charge on any atom is -0.334 e. The first-order valence-corrected chi connectivity index (χ1v) is 7.72. The molecule has 2 rings (SSSR count). The highest BCUT2D eigenvalue weighted by Crippen LogP contribution is 2.25. The zero-order valence-corrected chi connectivity index (χ0v) is 12.5. The number of benzene rings is 1. The molecule has 5 heteroatoms. The lowest BCUT2D eigenvalue weighted by molar-refractivity contribution is 0.603. The second-order valence-electron chi connectivity index (χ2n) is 4.35.